The molecule has 0 unspecified atom stereocenters. The lowest BCUT2D eigenvalue weighted by Crippen LogP contribution is -2.10. The summed E-state index contributed by atoms with van der Waals surface area (Å²) in [5.74, 6) is 0. The highest BCUT2D eigenvalue weighted by molar-refractivity contribution is 6.15. The summed E-state index contributed by atoms with van der Waals surface area (Å²) < 4.78 is 0. The van der Waals surface area contributed by atoms with E-state index in [1.54, 1.807) is 0 Å². The summed E-state index contributed by atoms with van der Waals surface area (Å²) in [4.78, 5) is 2.40. The summed E-state index contributed by atoms with van der Waals surface area (Å²) in [7, 11) is 0. The zero-order valence-electron chi connectivity index (χ0n) is 32.5. The van der Waals surface area contributed by atoms with Crippen LogP contribution in [0.2, 0.25) is 0 Å². The molecule has 11 aromatic rings. The number of benzene rings is 11. The number of nitrogens with zero attached hydrogens (tertiary/aromatic N) is 1. The van der Waals surface area contributed by atoms with Crippen LogP contribution >= 0.6 is 0 Å². The maximum absolute atomic E-state index is 2.41. The van der Waals surface area contributed by atoms with Gasteiger partial charge in [0.1, 0.15) is 0 Å². The van der Waals surface area contributed by atoms with Gasteiger partial charge in [0.05, 0.1) is 0 Å². The molecule has 0 fully saturated rings. The summed E-state index contributed by atoms with van der Waals surface area (Å²) in [6.45, 7) is 0. The van der Waals surface area contributed by atoms with Crippen molar-refractivity contribution in [2.45, 2.75) is 0 Å². The highest BCUT2D eigenvalue weighted by Gasteiger charge is 2.19. The van der Waals surface area contributed by atoms with E-state index in [0.29, 0.717) is 0 Å². The van der Waals surface area contributed by atoms with Gasteiger partial charge >= 0.3 is 0 Å². The van der Waals surface area contributed by atoms with Gasteiger partial charge < -0.3 is 4.90 Å². The maximum Gasteiger partial charge on any atom is 0.0468 e. The van der Waals surface area contributed by atoms with Crippen LogP contribution in [0, 0.1) is 0 Å². The molecule has 0 bridgehead atoms. The number of hydrogen-bond donors (Lipinski definition) is 0. The zero-order valence-corrected chi connectivity index (χ0v) is 32.5. The first-order chi connectivity index (χ1) is 29.2. The van der Waals surface area contributed by atoms with Crippen LogP contribution in [-0.4, -0.2) is 0 Å². The number of hydrogen-bond acceptors (Lipinski definition) is 1. The van der Waals surface area contributed by atoms with Crippen LogP contribution in [0.5, 0.6) is 0 Å². The van der Waals surface area contributed by atoms with Crippen molar-refractivity contribution >= 4 is 60.2 Å². The molecule has 0 spiro atoms. The van der Waals surface area contributed by atoms with Gasteiger partial charge in [-0.25, -0.2) is 0 Å². The van der Waals surface area contributed by atoms with Crippen molar-refractivity contribution in [1.29, 1.82) is 0 Å². The Kier molecular flexibility index (Phi) is 8.56. The molecule has 59 heavy (non-hydrogen) atoms. The lowest BCUT2D eigenvalue weighted by Gasteiger charge is -2.27. The molecule has 0 aliphatic rings. The summed E-state index contributed by atoms with van der Waals surface area (Å²) >= 11 is 0. The Hall–Kier alpha value is -7.74. The molecule has 0 aromatic heterocycles. The van der Waals surface area contributed by atoms with Gasteiger partial charge in [-0.05, 0) is 136 Å². The van der Waals surface area contributed by atoms with Gasteiger partial charge in [0.25, 0.3) is 0 Å². The number of anilines is 3. The lowest BCUT2D eigenvalue weighted by molar-refractivity contribution is 1.28. The lowest BCUT2D eigenvalue weighted by atomic mass is 9.87. The van der Waals surface area contributed by atoms with Crippen LogP contribution in [0.4, 0.5) is 17.1 Å². The van der Waals surface area contributed by atoms with E-state index in [1.165, 1.54) is 87.6 Å². The topological polar surface area (TPSA) is 3.24 Å². The Morgan fingerprint density at radius 1 is 0.203 bits per heavy atom. The van der Waals surface area contributed by atoms with Crippen molar-refractivity contribution in [2.24, 2.45) is 0 Å². The van der Waals surface area contributed by atoms with Gasteiger partial charge in [-0.3, -0.25) is 0 Å². The van der Waals surface area contributed by atoms with Crippen LogP contribution < -0.4 is 4.90 Å². The molecule has 276 valence electrons. The second-order valence-corrected chi connectivity index (χ2v) is 15.3. The molecule has 1 heteroatoms. The van der Waals surface area contributed by atoms with E-state index < -0.39 is 0 Å². The molecular formula is C58H39N. The van der Waals surface area contributed by atoms with E-state index in [1.807, 2.05) is 0 Å². The molecule has 0 aliphatic heterocycles. The van der Waals surface area contributed by atoms with E-state index in [2.05, 4.69) is 241 Å². The molecule has 0 amide bonds. The van der Waals surface area contributed by atoms with Crippen molar-refractivity contribution in [3.63, 3.8) is 0 Å². The first kappa shape index (κ1) is 34.5. The Morgan fingerprint density at radius 2 is 0.644 bits per heavy atom. The minimum absolute atomic E-state index is 1.09. The predicted molar refractivity (Wildman–Crippen MR) is 253 cm³/mol. The molecule has 11 aromatic carbocycles. The van der Waals surface area contributed by atoms with Gasteiger partial charge in [-0.15, -0.1) is 0 Å². The van der Waals surface area contributed by atoms with Crippen LogP contribution in [0.3, 0.4) is 0 Å². The van der Waals surface area contributed by atoms with Crippen LogP contribution in [0.25, 0.3) is 87.6 Å². The molecule has 0 atom stereocenters. The molecule has 0 saturated heterocycles. The average molecular weight is 750 g/mol. The second-order valence-electron chi connectivity index (χ2n) is 15.3. The Bertz CT molecular complexity index is 3210. The third-order valence-electron chi connectivity index (χ3n) is 11.8. The minimum Gasteiger partial charge on any atom is -0.310 e. The number of rotatable bonds is 7. The number of fused-ring (bicyclic) bond motifs is 6. The molecular weight excluding hydrogens is 711 g/mol. The molecule has 0 heterocycles. The van der Waals surface area contributed by atoms with Crippen molar-refractivity contribution in [2.75, 3.05) is 4.90 Å². The third-order valence-corrected chi connectivity index (χ3v) is 11.8. The molecule has 0 N–H and O–H groups in total. The van der Waals surface area contributed by atoms with E-state index >= 15 is 0 Å². The molecule has 0 aliphatic carbocycles. The standard InChI is InChI=1S/C58H39N/c1-3-13-40(14-4-1)42-25-30-48(31-26-42)59(49-32-27-43(28-33-49)41-15-5-2-6-16-41)50-34-36-54(47-29-35-53-46(37-47)24-23-44-17-7-9-19-51(44)53)58(39-50)57-38-45-18-8-10-20-52(45)55-21-11-12-22-56(55)57/h1-39H. The summed E-state index contributed by atoms with van der Waals surface area (Å²) in [6.07, 6.45) is 0. The fourth-order valence-electron chi connectivity index (χ4n) is 8.92. The first-order valence-electron chi connectivity index (χ1n) is 20.3. The van der Waals surface area contributed by atoms with Gasteiger partial charge in [-0.1, -0.05) is 188 Å². The van der Waals surface area contributed by atoms with Gasteiger partial charge in [0.15, 0.2) is 0 Å². The van der Waals surface area contributed by atoms with E-state index in [-0.39, 0.29) is 0 Å². The van der Waals surface area contributed by atoms with Crippen molar-refractivity contribution in [3.8, 4) is 44.5 Å². The van der Waals surface area contributed by atoms with E-state index in [4.69, 9.17) is 0 Å². The first-order valence-corrected chi connectivity index (χ1v) is 20.3. The Labute approximate surface area is 344 Å². The smallest absolute Gasteiger partial charge is 0.0468 e. The normalized spacial score (nSPS) is 11.4. The Morgan fingerprint density at radius 3 is 1.29 bits per heavy atom. The molecule has 0 radical (unpaired) electrons. The molecule has 1 nitrogen and oxygen atoms in total. The SMILES string of the molecule is c1ccc(-c2ccc(N(c3ccc(-c4ccccc4)cc3)c3ccc(-c4ccc5c(ccc6ccccc65)c4)c(-c4cc5ccccc5c5ccccc45)c3)cc2)cc1. The monoisotopic (exact) mass is 749 g/mol. The fraction of sp³-hybridized carbons (Fsp3) is 0. The highest BCUT2D eigenvalue weighted by atomic mass is 15.1. The summed E-state index contributed by atoms with van der Waals surface area (Å²) in [5, 5.41) is 10.0. The van der Waals surface area contributed by atoms with Crippen molar-refractivity contribution in [1.82, 2.24) is 0 Å². The molecule has 0 saturated carbocycles. The molecule has 11 rings (SSSR count). The maximum atomic E-state index is 2.41. The van der Waals surface area contributed by atoms with Gasteiger partial charge in [0, 0.05) is 17.1 Å². The second kappa shape index (κ2) is 14.6. The van der Waals surface area contributed by atoms with Crippen molar-refractivity contribution < 1.29 is 0 Å². The fourth-order valence-corrected chi connectivity index (χ4v) is 8.92. The summed E-state index contributed by atoms with van der Waals surface area (Å²) in [6, 6.07) is 86.4. The van der Waals surface area contributed by atoms with Crippen molar-refractivity contribution in [3.05, 3.63) is 237 Å². The Balaban J connectivity index is 1.14. The van der Waals surface area contributed by atoms with Crippen LogP contribution in [0.15, 0.2) is 237 Å². The zero-order chi connectivity index (χ0) is 39.1. The highest BCUT2D eigenvalue weighted by Crippen LogP contribution is 2.45. The van der Waals surface area contributed by atoms with E-state index in [0.717, 1.165) is 17.1 Å². The van der Waals surface area contributed by atoms with Crippen LogP contribution in [-0.2, 0) is 0 Å². The summed E-state index contributed by atoms with van der Waals surface area (Å²) in [5.41, 5.74) is 12.9. The van der Waals surface area contributed by atoms with Crippen LogP contribution in [0.1, 0.15) is 0 Å². The van der Waals surface area contributed by atoms with Gasteiger partial charge in [-0.2, -0.15) is 0 Å². The van der Waals surface area contributed by atoms with E-state index in [9.17, 15) is 0 Å². The third kappa shape index (κ3) is 6.30. The van der Waals surface area contributed by atoms with Gasteiger partial charge in [0.2, 0.25) is 0 Å². The predicted octanol–water partition coefficient (Wildman–Crippen LogP) is 16.4. The average Bonchev–Trinajstić information content (AvgIpc) is 3.32. The largest absolute Gasteiger partial charge is 0.310 e. The quantitative estimate of drug-likeness (QED) is 0.147. The minimum atomic E-state index is 1.09.